The van der Waals surface area contributed by atoms with E-state index >= 15 is 0 Å². The number of aliphatic hydroxyl groups excluding tert-OH is 2. The van der Waals surface area contributed by atoms with Gasteiger partial charge in [0.1, 0.15) is 35.8 Å². The largest absolute Gasteiger partial charge is 0.491 e. The SMILES string of the molecule is CC(C)(C)c1cc(NC(=O)Nc2ccc(Oc3ccncc3)cc2)n(-c2ccc(OCC(O)CO)cc2)n1. The topological polar surface area (TPSA) is 131 Å². The van der Waals surface area contributed by atoms with Crippen LogP contribution in [0.1, 0.15) is 26.5 Å². The molecule has 2 aromatic heterocycles. The number of carbonyl (C=O) groups is 1. The standard InChI is InChI=1S/C28H31N5O5/c1-28(2,3)25-16-26(33(32-25)20-6-10-22(11-7-20)37-18-21(35)17-34)31-27(36)30-19-4-8-23(9-5-19)38-24-12-14-29-15-13-24/h4-16,21,34-35H,17-18H2,1-3H3,(H2,30,31,36). The van der Waals surface area contributed by atoms with Crippen LogP contribution in [0.2, 0.25) is 0 Å². The van der Waals surface area contributed by atoms with E-state index in [1.54, 1.807) is 77.7 Å². The van der Waals surface area contributed by atoms with E-state index in [4.69, 9.17) is 19.7 Å². The average Bonchev–Trinajstić information content (AvgIpc) is 3.33. The van der Waals surface area contributed by atoms with Gasteiger partial charge in [-0.2, -0.15) is 5.10 Å². The Morgan fingerprint density at radius 2 is 1.58 bits per heavy atom. The lowest BCUT2D eigenvalue weighted by Crippen LogP contribution is -2.21. The molecule has 4 rings (SSSR count). The predicted molar refractivity (Wildman–Crippen MR) is 144 cm³/mol. The van der Waals surface area contributed by atoms with E-state index in [0.717, 1.165) is 5.69 Å². The van der Waals surface area contributed by atoms with E-state index in [0.29, 0.717) is 34.4 Å². The fourth-order valence-corrected chi connectivity index (χ4v) is 3.39. The van der Waals surface area contributed by atoms with Crippen molar-refractivity contribution in [1.29, 1.82) is 0 Å². The zero-order chi connectivity index (χ0) is 27.1. The monoisotopic (exact) mass is 517 g/mol. The van der Waals surface area contributed by atoms with E-state index in [1.165, 1.54) is 0 Å². The maximum atomic E-state index is 12.9. The quantitative estimate of drug-likeness (QED) is 0.252. The average molecular weight is 518 g/mol. The van der Waals surface area contributed by atoms with E-state index in [-0.39, 0.29) is 18.6 Å². The minimum absolute atomic E-state index is 0.0182. The molecule has 38 heavy (non-hydrogen) atoms. The Kier molecular flexibility index (Phi) is 8.25. The van der Waals surface area contributed by atoms with Crippen LogP contribution in [-0.2, 0) is 5.41 Å². The second kappa shape index (κ2) is 11.8. The van der Waals surface area contributed by atoms with Crippen LogP contribution in [0.5, 0.6) is 17.2 Å². The van der Waals surface area contributed by atoms with E-state index in [2.05, 4.69) is 15.6 Å². The third kappa shape index (κ3) is 7.09. The molecule has 198 valence electrons. The van der Waals surface area contributed by atoms with Crippen molar-refractivity contribution in [3.05, 3.63) is 84.8 Å². The van der Waals surface area contributed by atoms with Gasteiger partial charge in [-0.1, -0.05) is 20.8 Å². The van der Waals surface area contributed by atoms with Gasteiger partial charge in [0.15, 0.2) is 0 Å². The van der Waals surface area contributed by atoms with Gasteiger partial charge in [0.25, 0.3) is 0 Å². The number of carbonyl (C=O) groups excluding carboxylic acids is 1. The van der Waals surface area contributed by atoms with E-state index in [1.807, 2.05) is 26.8 Å². The number of nitrogens with zero attached hydrogens (tertiary/aromatic N) is 3. The Labute approximate surface area is 220 Å². The van der Waals surface area contributed by atoms with Gasteiger partial charge in [-0.3, -0.25) is 10.3 Å². The van der Waals surface area contributed by atoms with Gasteiger partial charge in [0.05, 0.1) is 18.0 Å². The van der Waals surface area contributed by atoms with E-state index < -0.39 is 12.1 Å². The minimum atomic E-state index is -0.949. The lowest BCUT2D eigenvalue weighted by atomic mass is 9.92. The summed E-state index contributed by atoms with van der Waals surface area (Å²) in [5, 5.41) is 28.9. The maximum Gasteiger partial charge on any atom is 0.324 e. The Balaban J connectivity index is 1.46. The van der Waals surface area contributed by atoms with Crippen LogP contribution in [0.4, 0.5) is 16.3 Å². The summed E-state index contributed by atoms with van der Waals surface area (Å²) < 4.78 is 12.9. The fourth-order valence-electron chi connectivity index (χ4n) is 3.39. The summed E-state index contributed by atoms with van der Waals surface area (Å²) >= 11 is 0. The highest BCUT2D eigenvalue weighted by molar-refractivity contribution is 5.99. The van der Waals surface area contributed by atoms with Crippen LogP contribution in [-0.4, -0.2) is 50.3 Å². The highest BCUT2D eigenvalue weighted by Crippen LogP contribution is 2.28. The number of aromatic nitrogens is 3. The molecule has 2 heterocycles. The second-order valence-electron chi connectivity index (χ2n) is 9.61. The van der Waals surface area contributed by atoms with Crippen molar-refractivity contribution in [3.63, 3.8) is 0 Å². The van der Waals surface area contributed by atoms with Gasteiger partial charge in [-0.15, -0.1) is 0 Å². The van der Waals surface area contributed by atoms with Crippen LogP contribution >= 0.6 is 0 Å². The number of urea groups is 1. The summed E-state index contributed by atoms with van der Waals surface area (Å²) in [7, 11) is 0. The third-order valence-electron chi connectivity index (χ3n) is 5.45. The van der Waals surface area contributed by atoms with Crippen molar-refractivity contribution in [2.75, 3.05) is 23.8 Å². The van der Waals surface area contributed by atoms with E-state index in [9.17, 15) is 9.90 Å². The molecule has 10 nitrogen and oxygen atoms in total. The molecule has 0 aliphatic rings. The van der Waals surface area contributed by atoms with Gasteiger partial charge in [0.2, 0.25) is 0 Å². The molecule has 0 bridgehead atoms. The molecule has 0 fully saturated rings. The molecule has 0 spiro atoms. The smallest absolute Gasteiger partial charge is 0.324 e. The van der Waals surface area contributed by atoms with Gasteiger partial charge >= 0.3 is 6.03 Å². The summed E-state index contributed by atoms with van der Waals surface area (Å²) in [6.07, 6.45) is 2.35. The minimum Gasteiger partial charge on any atom is -0.491 e. The summed E-state index contributed by atoms with van der Waals surface area (Å²) in [5.41, 5.74) is 1.87. The molecule has 1 atom stereocenters. The molecule has 2 amide bonds. The lowest BCUT2D eigenvalue weighted by molar-refractivity contribution is 0.0536. The normalized spacial score (nSPS) is 12.0. The maximum absolute atomic E-state index is 12.9. The zero-order valence-corrected chi connectivity index (χ0v) is 21.5. The molecular formula is C28H31N5O5. The van der Waals surface area contributed by atoms with Crippen molar-refractivity contribution < 1.29 is 24.5 Å². The number of pyridine rings is 1. The molecule has 4 aromatic rings. The summed E-state index contributed by atoms with van der Waals surface area (Å²) in [4.78, 5) is 16.8. The summed E-state index contributed by atoms with van der Waals surface area (Å²) in [6.45, 7) is 5.74. The molecule has 4 N–H and O–H groups in total. The molecule has 0 aliphatic carbocycles. The summed E-state index contributed by atoms with van der Waals surface area (Å²) in [6, 6.07) is 19.0. The lowest BCUT2D eigenvalue weighted by Gasteiger charge is -2.14. The van der Waals surface area contributed by atoms with Crippen molar-refractivity contribution in [1.82, 2.24) is 14.8 Å². The van der Waals surface area contributed by atoms with Gasteiger partial charge < -0.3 is 25.0 Å². The first-order chi connectivity index (χ1) is 18.2. The number of hydrogen-bond acceptors (Lipinski definition) is 7. The number of hydrogen-bond donors (Lipinski definition) is 4. The van der Waals surface area contributed by atoms with Crippen molar-refractivity contribution >= 4 is 17.5 Å². The fraction of sp³-hybridized carbons (Fsp3) is 0.250. The predicted octanol–water partition coefficient (Wildman–Crippen LogP) is 4.73. The Morgan fingerprint density at radius 3 is 2.21 bits per heavy atom. The Hall–Kier alpha value is -4.41. The molecular weight excluding hydrogens is 486 g/mol. The number of aliphatic hydroxyl groups is 2. The number of benzene rings is 2. The molecule has 0 radical (unpaired) electrons. The van der Waals surface area contributed by atoms with Gasteiger partial charge in [-0.05, 0) is 60.7 Å². The second-order valence-corrected chi connectivity index (χ2v) is 9.61. The number of amides is 2. The van der Waals surface area contributed by atoms with Gasteiger partial charge in [0, 0.05) is 29.6 Å². The number of nitrogens with one attached hydrogen (secondary N) is 2. The van der Waals surface area contributed by atoms with Crippen molar-refractivity contribution in [2.45, 2.75) is 32.3 Å². The highest BCUT2D eigenvalue weighted by atomic mass is 16.5. The number of rotatable bonds is 9. The molecule has 0 saturated heterocycles. The first-order valence-corrected chi connectivity index (χ1v) is 12.1. The van der Waals surface area contributed by atoms with Crippen LogP contribution in [0.25, 0.3) is 5.69 Å². The molecule has 0 saturated carbocycles. The van der Waals surface area contributed by atoms with Crippen LogP contribution in [0, 0.1) is 0 Å². The number of anilines is 2. The Morgan fingerprint density at radius 1 is 0.947 bits per heavy atom. The van der Waals surface area contributed by atoms with Gasteiger partial charge in [-0.25, -0.2) is 9.48 Å². The summed E-state index contributed by atoms with van der Waals surface area (Å²) in [5.74, 6) is 2.33. The Bertz CT molecular complexity index is 1330. The number of ether oxygens (including phenoxy) is 2. The molecule has 0 aliphatic heterocycles. The van der Waals surface area contributed by atoms with Crippen molar-refractivity contribution in [2.24, 2.45) is 0 Å². The molecule has 10 heteroatoms. The van der Waals surface area contributed by atoms with Crippen molar-refractivity contribution in [3.8, 4) is 22.9 Å². The van der Waals surface area contributed by atoms with Crippen LogP contribution < -0.4 is 20.1 Å². The first-order valence-electron chi connectivity index (χ1n) is 12.1. The molecule has 2 aromatic carbocycles. The molecule has 1 unspecified atom stereocenters. The highest BCUT2D eigenvalue weighted by Gasteiger charge is 2.21. The zero-order valence-electron chi connectivity index (χ0n) is 21.5. The third-order valence-corrected chi connectivity index (χ3v) is 5.45. The van der Waals surface area contributed by atoms with Crippen LogP contribution in [0.3, 0.4) is 0 Å². The first kappa shape index (κ1) is 26.6. The van der Waals surface area contributed by atoms with Crippen LogP contribution in [0.15, 0.2) is 79.1 Å².